The van der Waals surface area contributed by atoms with Crippen molar-refractivity contribution in [1.29, 1.82) is 0 Å². The van der Waals surface area contributed by atoms with Crippen molar-refractivity contribution in [1.82, 2.24) is 15.0 Å². The van der Waals surface area contributed by atoms with E-state index in [0.29, 0.717) is 44.1 Å². The van der Waals surface area contributed by atoms with Crippen LogP contribution >= 0.6 is 0 Å². The number of rotatable bonds is 7. The van der Waals surface area contributed by atoms with E-state index in [9.17, 15) is 4.79 Å². The van der Waals surface area contributed by atoms with Crippen LogP contribution in [0, 0.1) is 13.8 Å². The molecule has 10 nitrogen and oxygen atoms in total. The van der Waals surface area contributed by atoms with Crippen molar-refractivity contribution in [3.63, 3.8) is 0 Å². The van der Waals surface area contributed by atoms with E-state index in [2.05, 4.69) is 59.2 Å². The lowest BCUT2D eigenvalue weighted by Gasteiger charge is -2.27. The number of carbonyl (C=O) groups is 1. The number of aryl methyl sites for hydroxylation is 2. The van der Waals surface area contributed by atoms with Gasteiger partial charge in [-0.15, -0.1) is 0 Å². The average Bonchev–Trinajstić information content (AvgIpc) is 2.85. The molecule has 0 radical (unpaired) electrons. The first-order valence-corrected chi connectivity index (χ1v) is 11.5. The van der Waals surface area contributed by atoms with E-state index in [-0.39, 0.29) is 5.91 Å². The molecule has 0 aliphatic carbocycles. The number of hydrogen-bond donors (Lipinski definition) is 3. The maximum atomic E-state index is 11.2. The first kappa shape index (κ1) is 24.1. The highest BCUT2D eigenvalue weighted by Gasteiger charge is 2.17. The fraction of sp³-hybridized carbons (Fsp3) is 0.320. The smallest absolute Gasteiger partial charge is 0.250 e. The third-order valence-electron chi connectivity index (χ3n) is 5.50. The average molecular weight is 475 g/mol. The van der Waals surface area contributed by atoms with Gasteiger partial charge in [0.2, 0.25) is 23.8 Å². The van der Waals surface area contributed by atoms with Crippen molar-refractivity contribution in [2.75, 3.05) is 47.3 Å². The van der Waals surface area contributed by atoms with E-state index < -0.39 is 0 Å². The second kappa shape index (κ2) is 10.9. The van der Waals surface area contributed by atoms with Gasteiger partial charge in [0.25, 0.3) is 0 Å². The van der Waals surface area contributed by atoms with Gasteiger partial charge < -0.3 is 20.3 Å². The van der Waals surface area contributed by atoms with Gasteiger partial charge in [-0.1, -0.05) is 24.3 Å². The van der Waals surface area contributed by atoms with E-state index in [4.69, 9.17) is 4.74 Å². The van der Waals surface area contributed by atoms with Crippen LogP contribution in [0.4, 0.5) is 29.2 Å². The number of hydrazone groups is 1. The van der Waals surface area contributed by atoms with E-state index in [1.807, 2.05) is 45.0 Å². The Hall–Kier alpha value is -4.05. The molecule has 1 amide bonds. The standard InChI is InChI=1S/C25H30N8O2/c1-16-5-6-17(2)22(15-16)27-23-28-24(30-25(29-23)33-11-13-35-14-12-33)32-31-18(3)20-7-9-21(10-8-20)26-19(4)34/h5-10,15H,11-14H2,1-4H3,(H,26,34)(H2,27,28,29,30,32). The lowest BCUT2D eigenvalue weighted by atomic mass is 10.1. The van der Waals surface area contributed by atoms with E-state index in [0.717, 1.165) is 33.8 Å². The minimum atomic E-state index is -0.110. The third-order valence-corrected chi connectivity index (χ3v) is 5.50. The van der Waals surface area contributed by atoms with Crippen LogP contribution in [0.25, 0.3) is 0 Å². The van der Waals surface area contributed by atoms with Crippen LogP contribution in [-0.2, 0) is 9.53 Å². The molecule has 1 saturated heterocycles. The Morgan fingerprint density at radius 2 is 1.69 bits per heavy atom. The zero-order chi connectivity index (χ0) is 24.8. The van der Waals surface area contributed by atoms with Gasteiger partial charge in [-0.05, 0) is 55.7 Å². The fourth-order valence-corrected chi connectivity index (χ4v) is 3.56. The van der Waals surface area contributed by atoms with Crippen molar-refractivity contribution in [2.24, 2.45) is 5.10 Å². The maximum absolute atomic E-state index is 11.2. The van der Waals surface area contributed by atoms with E-state index in [1.165, 1.54) is 6.92 Å². The summed E-state index contributed by atoms with van der Waals surface area (Å²) in [6.07, 6.45) is 0. The van der Waals surface area contributed by atoms with Gasteiger partial charge in [-0.3, -0.25) is 4.79 Å². The lowest BCUT2D eigenvalue weighted by Crippen LogP contribution is -2.37. The molecule has 0 spiro atoms. The predicted octanol–water partition coefficient (Wildman–Crippen LogP) is 3.86. The molecule has 0 unspecified atom stereocenters. The molecule has 2 heterocycles. The molecule has 3 aromatic rings. The third kappa shape index (κ3) is 6.51. The largest absolute Gasteiger partial charge is 0.378 e. The molecule has 1 aliphatic rings. The van der Waals surface area contributed by atoms with Crippen LogP contribution in [0.5, 0.6) is 0 Å². The Balaban J connectivity index is 1.58. The molecule has 35 heavy (non-hydrogen) atoms. The molecule has 10 heteroatoms. The van der Waals surface area contributed by atoms with Gasteiger partial charge in [-0.25, -0.2) is 5.43 Å². The van der Waals surface area contributed by atoms with Gasteiger partial charge in [0, 0.05) is 31.4 Å². The summed E-state index contributed by atoms with van der Waals surface area (Å²) in [7, 11) is 0. The number of aromatic nitrogens is 3. The highest BCUT2D eigenvalue weighted by atomic mass is 16.5. The van der Waals surface area contributed by atoms with Crippen molar-refractivity contribution < 1.29 is 9.53 Å². The SMILES string of the molecule is CC(=O)Nc1ccc(C(C)=NNc2nc(Nc3cc(C)ccc3C)nc(N3CCOCC3)n2)cc1. The Labute approximate surface area is 204 Å². The van der Waals surface area contributed by atoms with Crippen molar-refractivity contribution >= 4 is 40.8 Å². The molecule has 0 bridgehead atoms. The number of anilines is 5. The highest BCUT2D eigenvalue weighted by Crippen LogP contribution is 2.22. The normalized spacial score (nSPS) is 13.9. The Morgan fingerprint density at radius 1 is 0.971 bits per heavy atom. The number of nitrogens with zero attached hydrogens (tertiary/aromatic N) is 5. The summed E-state index contributed by atoms with van der Waals surface area (Å²) in [5.41, 5.74) is 8.54. The molecule has 1 aliphatic heterocycles. The summed E-state index contributed by atoms with van der Waals surface area (Å²) in [4.78, 5) is 27.1. The topological polar surface area (TPSA) is 117 Å². The van der Waals surface area contributed by atoms with Crippen LogP contribution in [-0.4, -0.2) is 52.9 Å². The Morgan fingerprint density at radius 3 is 2.40 bits per heavy atom. The first-order valence-electron chi connectivity index (χ1n) is 11.5. The number of ether oxygens (including phenoxy) is 1. The molecule has 2 aromatic carbocycles. The Kier molecular flexibility index (Phi) is 7.51. The van der Waals surface area contributed by atoms with Gasteiger partial charge in [0.1, 0.15) is 0 Å². The van der Waals surface area contributed by atoms with Gasteiger partial charge in [0.05, 0.1) is 18.9 Å². The van der Waals surface area contributed by atoms with Gasteiger partial charge in [0.15, 0.2) is 0 Å². The molecule has 1 fully saturated rings. The molecule has 1 aromatic heterocycles. The quantitative estimate of drug-likeness (QED) is 0.349. The second-order valence-corrected chi connectivity index (χ2v) is 8.39. The molecular weight excluding hydrogens is 444 g/mol. The maximum Gasteiger partial charge on any atom is 0.250 e. The van der Waals surface area contributed by atoms with Gasteiger partial charge >= 0.3 is 0 Å². The molecule has 4 rings (SSSR count). The number of amides is 1. The zero-order valence-electron chi connectivity index (χ0n) is 20.4. The summed E-state index contributed by atoms with van der Waals surface area (Å²) >= 11 is 0. The highest BCUT2D eigenvalue weighted by molar-refractivity contribution is 5.99. The van der Waals surface area contributed by atoms with E-state index >= 15 is 0 Å². The van der Waals surface area contributed by atoms with Crippen molar-refractivity contribution in [3.05, 3.63) is 59.2 Å². The number of hydrogen-bond acceptors (Lipinski definition) is 9. The number of nitrogens with one attached hydrogen (secondary N) is 3. The monoisotopic (exact) mass is 474 g/mol. The molecule has 182 valence electrons. The van der Waals surface area contributed by atoms with Crippen molar-refractivity contribution in [2.45, 2.75) is 27.7 Å². The molecule has 0 saturated carbocycles. The lowest BCUT2D eigenvalue weighted by molar-refractivity contribution is -0.114. The summed E-state index contributed by atoms with van der Waals surface area (Å²) in [6, 6.07) is 13.7. The summed E-state index contributed by atoms with van der Waals surface area (Å²) < 4.78 is 5.47. The summed E-state index contributed by atoms with van der Waals surface area (Å²) in [5.74, 6) is 1.22. The van der Waals surface area contributed by atoms with Crippen LogP contribution in [0.1, 0.15) is 30.5 Å². The zero-order valence-corrected chi connectivity index (χ0v) is 20.4. The van der Waals surface area contributed by atoms with Crippen LogP contribution < -0.4 is 21.0 Å². The number of benzene rings is 2. The predicted molar refractivity (Wildman–Crippen MR) is 139 cm³/mol. The molecule has 0 atom stereocenters. The summed E-state index contributed by atoms with van der Waals surface area (Å²) in [5, 5.41) is 10.6. The minimum Gasteiger partial charge on any atom is -0.378 e. The Bertz CT molecular complexity index is 1220. The number of morpholine rings is 1. The first-order chi connectivity index (χ1) is 16.9. The fourth-order valence-electron chi connectivity index (χ4n) is 3.56. The van der Waals surface area contributed by atoms with Crippen LogP contribution in [0.2, 0.25) is 0 Å². The van der Waals surface area contributed by atoms with E-state index in [1.54, 1.807) is 0 Å². The summed E-state index contributed by atoms with van der Waals surface area (Å²) in [6.45, 7) is 10.1. The second-order valence-electron chi connectivity index (χ2n) is 8.39. The van der Waals surface area contributed by atoms with Crippen LogP contribution in [0.15, 0.2) is 47.6 Å². The minimum absolute atomic E-state index is 0.110. The van der Waals surface area contributed by atoms with Gasteiger partial charge in [-0.2, -0.15) is 20.1 Å². The van der Waals surface area contributed by atoms with Crippen molar-refractivity contribution in [3.8, 4) is 0 Å². The van der Waals surface area contributed by atoms with Crippen LogP contribution in [0.3, 0.4) is 0 Å². The molecular formula is C25H30N8O2. The number of carbonyl (C=O) groups excluding carboxylic acids is 1. The molecule has 3 N–H and O–H groups in total.